The van der Waals surface area contributed by atoms with Crippen LogP contribution < -0.4 is 9.47 Å². The molecule has 4 nitrogen and oxygen atoms in total. The molecule has 1 rings (SSSR count). The number of aromatic nitrogens is 1. The summed E-state index contributed by atoms with van der Waals surface area (Å²) in [5, 5.41) is -0.577. The van der Waals surface area contributed by atoms with Gasteiger partial charge >= 0.3 is 0 Å². The van der Waals surface area contributed by atoms with Crippen molar-refractivity contribution in [1.29, 1.82) is 0 Å². The fourth-order valence-corrected chi connectivity index (χ4v) is 1.73. The molecule has 0 saturated heterocycles. The number of nitrogens with zero attached hydrogens (tertiary/aromatic N) is 1. The van der Waals surface area contributed by atoms with Crippen LogP contribution in [0.1, 0.15) is 43.7 Å². The zero-order valence-corrected chi connectivity index (χ0v) is 12.0. The van der Waals surface area contributed by atoms with E-state index in [0.29, 0.717) is 22.9 Å². The molecule has 1 aromatic heterocycles. The van der Waals surface area contributed by atoms with Crippen molar-refractivity contribution in [3.63, 3.8) is 0 Å². The number of hydrogen-bond donors (Lipinski definition) is 0. The molecule has 5 heteroatoms. The Bertz CT molecular complexity index is 444. The summed E-state index contributed by atoms with van der Waals surface area (Å²) in [6.45, 7) is 9.26. The van der Waals surface area contributed by atoms with Crippen molar-refractivity contribution in [3.8, 4) is 11.6 Å². The summed E-state index contributed by atoms with van der Waals surface area (Å²) >= 11 is 5.56. The van der Waals surface area contributed by atoms with Crippen LogP contribution in [0.15, 0.2) is 6.07 Å². The van der Waals surface area contributed by atoms with Gasteiger partial charge < -0.3 is 9.47 Å². The maximum absolute atomic E-state index is 11.4. The molecule has 0 amide bonds. The van der Waals surface area contributed by atoms with E-state index >= 15 is 0 Å². The monoisotopic (exact) mass is 271 g/mol. The van der Waals surface area contributed by atoms with Crippen LogP contribution in [0.25, 0.3) is 0 Å². The molecule has 0 unspecified atom stereocenters. The Morgan fingerprint density at radius 2 is 1.78 bits per heavy atom. The van der Waals surface area contributed by atoms with Gasteiger partial charge in [0.05, 0.1) is 23.5 Å². The van der Waals surface area contributed by atoms with Crippen molar-refractivity contribution in [2.75, 3.05) is 0 Å². The molecular weight excluding hydrogens is 254 g/mol. The van der Waals surface area contributed by atoms with E-state index in [1.165, 1.54) is 0 Å². The highest BCUT2D eigenvalue weighted by molar-refractivity contribution is 6.68. The molecule has 100 valence electrons. The summed E-state index contributed by atoms with van der Waals surface area (Å²) in [7, 11) is 0. The van der Waals surface area contributed by atoms with E-state index in [4.69, 9.17) is 21.1 Å². The van der Waals surface area contributed by atoms with E-state index in [9.17, 15) is 4.79 Å². The van der Waals surface area contributed by atoms with Crippen LogP contribution in [0.4, 0.5) is 0 Å². The molecule has 0 spiro atoms. The minimum atomic E-state index is -0.577. The van der Waals surface area contributed by atoms with Gasteiger partial charge in [0.2, 0.25) is 5.88 Å². The molecular formula is C13H18ClNO3. The van der Waals surface area contributed by atoms with Crippen LogP contribution in [-0.4, -0.2) is 22.4 Å². The van der Waals surface area contributed by atoms with E-state index in [1.54, 1.807) is 13.0 Å². The highest BCUT2D eigenvalue weighted by atomic mass is 35.5. The maximum Gasteiger partial charge on any atom is 0.257 e. The predicted octanol–water partition coefficient (Wildman–Crippen LogP) is 3.34. The number of hydrogen-bond acceptors (Lipinski definition) is 4. The van der Waals surface area contributed by atoms with E-state index in [-0.39, 0.29) is 12.2 Å². The molecule has 1 heterocycles. The van der Waals surface area contributed by atoms with Gasteiger partial charge in [-0.2, -0.15) is 0 Å². The lowest BCUT2D eigenvalue weighted by Gasteiger charge is -2.16. The van der Waals surface area contributed by atoms with Gasteiger partial charge in [-0.25, -0.2) is 4.98 Å². The van der Waals surface area contributed by atoms with E-state index in [0.717, 1.165) is 0 Å². The Balaban J connectivity index is 3.23. The van der Waals surface area contributed by atoms with Gasteiger partial charge in [0.25, 0.3) is 5.24 Å². The second-order valence-corrected chi connectivity index (χ2v) is 4.87. The van der Waals surface area contributed by atoms with Crippen LogP contribution in [0, 0.1) is 6.92 Å². The zero-order valence-electron chi connectivity index (χ0n) is 11.3. The molecule has 0 aliphatic heterocycles. The molecule has 0 aliphatic carbocycles. The Hall–Kier alpha value is -1.29. The van der Waals surface area contributed by atoms with Gasteiger partial charge in [-0.15, -0.1) is 0 Å². The summed E-state index contributed by atoms with van der Waals surface area (Å²) in [5.74, 6) is 0.841. The van der Waals surface area contributed by atoms with Crippen LogP contribution in [0.5, 0.6) is 11.6 Å². The first-order valence-corrected chi connectivity index (χ1v) is 6.23. The molecule has 0 N–H and O–H groups in total. The zero-order chi connectivity index (χ0) is 13.9. The standard InChI is InChI=1S/C13H18ClNO3/c1-7(2)17-10-6-11(18-8(3)4)15-9(5)12(10)13(14)16/h6-8H,1-5H3. The third-order valence-corrected chi connectivity index (χ3v) is 2.25. The van der Waals surface area contributed by atoms with Crippen LogP contribution in [-0.2, 0) is 0 Å². The van der Waals surface area contributed by atoms with Gasteiger partial charge in [0, 0.05) is 6.07 Å². The van der Waals surface area contributed by atoms with Crippen molar-refractivity contribution in [1.82, 2.24) is 4.98 Å². The molecule has 0 aromatic carbocycles. The molecule has 1 aromatic rings. The highest BCUT2D eigenvalue weighted by Gasteiger charge is 2.18. The molecule has 0 bridgehead atoms. The molecule has 0 aliphatic rings. The lowest BCUT2D eigenvalue weighted by Crippen LogP contribution is -2.13. The average Bonchev–Trinajstić information content (AvgIpc) is 2.12. The molecule has 0 atom stereocenters. The number of aryl methyl sites for hydroxylation is 1. The summed E-state index contributed by atoms with van der Waals surface area (Å²) in [6, 6.07) is 1.60. The van der Waals surface area contributed by atoms with Crippen molar-refractivity contribution in [2.45, 2.75) is 46.8 Å². The van der Waals surface area contributed by atoms with E-state index < -0.39 is 5.24 Å². The van der Waals surface area contributed by atoms with Crippen LogP contribution in [0.2, 0.25) is 0 Å². The largest absolute Gasteiger partial charge is 0.490 e. The van der Waals surface area contributed by atoms with Gasteiger partial charge in [0.1, 0.15) is 5.75 Å². The Labute approximate surface area is 112 Å². The van der Waals surface area contributed by atoms with E-state index in [2.05, 4.69) is 4.98 Å². The Morgan fingerprint density at radius 1 is 1.22 bits per heavy atom. The smallest absolute Gasteiger partial charge is 0.257 e. The van der Waals surface area contributed by atoms with Crippen molar-refractivity contribution in [3.05, 3.63) is 17.3 Å². The quantitative estimate of drug-likeness (QED) is 0.771. The van der Waals surface area contributed by atoms with Crippen molar-refractivity contribution < 1.29 is 14.3 Å². The van der Waals surface area contributed by atoms with Gasteiger partial charge in [-0.3, -0.25) is 4.79 Å². The maximum atomic E-state index is 11.4. The normalized spacial score (nSPS) is 10.9. The molecule has 0 radical (unpaired) electrons. The Morgan fingerprint density at radius 3 is 2.22 bits per heavy atom. The van der Waals surface area contributed by atoms with Crippen molar-refractivity contribution >= 4 is 16.8 Å². The topological polar surface area (TPSA) is 48.4 Å². The third kappa shape index (κ3) is 3.88. The second-order valence-electron chi connectivity index (χ2n) is 4.53. The summed E-state index contributed by atoms with van der Waals surface area (Å²) in [6.07, 6.45) is -0.0604. The summed E-state index contributed by atoms with van der Waals surface area (Å²) in [4.78, 5) is 15.6. The number of rotatable bonds is 5. The first kappa shape index (κ1) is 14.8. The van der Waals surface area contributed by atoms with Crippen LogP contribution in [0.3, 0.4) is 0 Å². The van der Waals surface area contributed by atoms with Gasteiger partial charge in [-0.05, 0) is 46.2 Å². The predicted molar refractivity (Wildman–Crippen MR) is 70.7 cm³/mol. The van der Waals surface area contributed by atoms with Crippen molar-refractivity contribution in [2.24, 2.45) is 0 Å². The second kappa shape index (κ2) is 6.05. The third-order valence-electron chi connectivity index (χ3n) is 2.06. The number of pyridine rings is 1. The van der Waals surface area contributed by atoms with Gasteiger partial charge in [-0.1, -0.05) is 0 Å². The average molecular weight is 272 g/mol. The Kier molecular flexibility index (Phi) is 4.96. The SMILES string of the molecule is Cc1nc(OC(C)C)cc(OC(C)C)c1C(=O)Cl. The number of carbonyl (C=O) groups excluding carboxylic acids is 1. The lowest BCUT2D eigenvalue weighted by molar-refractivity contribution is 0.107. The first-order chi connectivity index (χ1) is 8.31. The number of ether oxygens (including phenoxy) is 2. The number of halogens is 1. The number of carbonyl (C=O) groups is 1. The lowest BCUT2D eigenvalue weighted by atomic mass is 10.2. The minimum absolute atomic E-state index is 0.00125. The molecule has 0 saturated carbocycles. The molecule has 0 fully saturated rings. The van der Waals surface area contributed by atoms with E-state index in [1.807, 2.05) is 27.7 Å². The van der Waals surface area contributed by atoms with Gasteiger partial charge in [0.15, 0.2) is 0 Å². The highest BCUT2D eigenvalue weighted by Crippen LogP contribution is 2.28. The first-order valence-electron chi connectivity index (χ1n) is 5.86. The fourth-order valence-electron chi connectivity index (χ4n) is 1.50. The fraction of sp³-hybridized carbons (Fsp3) is 0.538. The van der Waals surface area contributed by atoms with Crippen LogP contribution >= 0.6 is 11.6 Å². The summed E-state index contributed by atoms with van der Waals surface area (Å²) in [5.41, 5.74) is 0.797. The molecule has 18 heavy (non-hydrogen) atoms. The minimum Gasteiger partial charge on any atom is -0.490 e. The summed E-state index contributed by atoms with van der Waals surface area (Å²) < 4.78 is 11.1.